The number of likely N-dealkylation sites (tertiary alicyclic amines) is 1. The van der Waals surface area contributed by atoms with Gasteiger partial charge >= 0.3 is 0 Å². The molecule has 0 radical (unpaired) electrons. The molecule has 2 aromatic carbocycles. The third kappa shape index (κ3) is 4.27. The second kappa shape index (κ2) is 8.20. The topological polar surface area (TPSA) is 58.6 Å². The largest absolute Gasteiger partial charge is 0.494 e. The first-order valence-electron chi connectivity index (χ1n) is 9.04. The van der Waals surface area contributed by atoms with Crippen LogP contribution < -0.4 is 10.1 Å². The Kier molecular flexibility index (Phi) is 5.74. The van der Waals surface area contributed by atoms with Crippen LogP contribution in [0.15, 0.2) is 42.5 Å². The molecule has 1 saturated heterocycles. The zero-order valence-corrected chi connectivity index (χ0v) is 15.5. The Hall–Kier alpha value is -2.89. The van der Waals surface area contributed by atoms with E-state index in [4.69, 9.17) is 4.74 Å². The van der Waals surface area contributed by atoms with Gasteiger partial charge in [0, 0.05) is 25.1 Å². The number of amides is 2. The van der Waals surface area contributed by atoms with Crippen LogP contribution in [0.5, 0.6) is 5.75 Å². The molecule has 1 N–H and O–H groups in total. The van der Waals surface area contributed by atoms with Crippen molar-refractivity contribution in [2.75, 3.05) is 20.2 Å². The van der Waals surface area contributed by atoms with Crippen molar-refractivity contribution >= 4 is 11.8 Å². The summed E-state index contributed by atoms with van der Waals surface area (Å²) < 4.78 is 18.9. The Morgan fingerprint density at radius 3 is 2.74 bits per heavy atom. The lowest BCUT2D eigenvalue weighted by Gasteiger charge is -2.16. The van der Waals surface area contributed by atoms with Gasteiger partial charge in [0.25, 0.3) is 5.91 Å². The van der Waals surface area contributed by atoms with Crippen LogP contribution in [0, 0.1) is 5.82 Å². The molecule has 1 aliphatic heterocycles. The number of halogens is 1. The fourth-order valence-electron chi connectivity index (χ4n) is 3.31. The molecular formula is C21H23FN2O3. The van der Waals surface area contributed by atoms with E-state index in [2.05, 4.69) is 5.32 Å². The Morgan fingerprint density at radius 2 is 2.04 bits per heavy atom. The Bertz CT molecular complexity index is 853. The van der Waals surface area contributed by atoms with Crippen molar-refractivity contribution in [3.05, 3.63) is 53.8 Å². The molecule has 0 spiro atoms. The van der Waals surface area contributed by atoms with Gasteiger partial charge in [-0.05, 0) is 41.8 Å². The zero-order valence-electron chi connectivity index (χ0n) is 15.5. The van der Waals surface area contributed by atoms with Gasteiger partial charge in [-0.15, -0.1) is 0 Å². The molecule has 1 aliphatic rings. The monoisotopic (exact) mass is 370 g/mol. The number of carbonyl (C=O) groups excluding carboxylic acids is 2. The number of hydrogen-bond donors (Lipinski definition) is 1. The van der Waals surface area contributed by atoms with Gasteiger partial charge < -0.3 is 15.0 Å². The quantitative estimate of drug-likeness (QED) is 0.849. The number of nitrogens with one attached hydrogen (secondary N) is 1. The standard InChI is InChI=1S/C21H23FN2O3/c1-3-9-24-13-17(12-20(24)25)23-21(26)16-6-4-5-14(10-16)15-7-8-19(27-2)18(22)11-15/h4-8,10-11,17H,3,9,12-13H2,1-2H3,(H,23,26)/t17-/m0/s1. The maximum atomic E-state index is 14.0. The molecule has 1 heterocycles. The maximum absolute atomic E-state index is 14.0. The summed E-state index contributed by atoms with van der Waals surface area (Å²) in [4.78, 5) is 26.3. The van der Waals surface area contributed by atoms with E-state index in [1.54, 1.807) is 35.2 Å². The number of rotatable bonds is 6. The van der Waals surface area contributed by atoms with Crippen molar-refractivity contribution < 1.29 is 18.7 Å². The third-order valence-corrected chi connectivity index (χ3v) is 4.65. The van der Waals surface area contributed by atoms with E-state index in [-0.39, 0.29) is 23.6 Å². The number of methoxy groups -OCH3 is 1. The van der Waals surface area contributed by atoms with Crippen molar-refractivity contribution in [1.82, 2.24) is 10.2 Å². The summed E-state index contributed by atoms with van der Waals surface area (Å²) in [7, 11) is 1.42. The highest BCUT2D eigenvalue weighted by molar-refractivity contribution is 5.96. The Balaban J connectivity index is 1.73. The van der Waals surface area contributed by atoms with Gasteiger partial charge in [0.2, 0.25) is 5.91 Å². The van der Waals surface area contributed by atoms with Crippen LogP contribution in [0.25, 0.3) is 11.1 Å². The van der Waals surface area contributed by atoms with Gasteiger partial charge in [0.15, 0.2) is 11.6 Å². The molecular weight excluding hydrogens is 347 g/mol. The third-order valence-electron chi connectivity index (χ3n) is 4.65. The maximum Gasteiger partial charge on any atom is 0.251 e. The Labute approximate surface area is 158 Å². The number of nitrogens with zero attached hydrogens (tertiary/aromatic N) is 1. The predicted molar refractivity (Wildman–Crippen MR) is 101 cm³/mol. The zero-order chi connectivity index (χ0) is 19.4. The number of ether oxygens (including phenoxy) is 1. The average molecular weight is 370 g/mol. The normalized spacial score (nSPS) is 16.5. The number of benzene rings is 2. The summed E-state index contributed by atoms with van der Waals surface area (Å²) in [6, 6.07) is 11.5. The van der Waals surface area contributed by atoms with E-state index in [1.807, 2.05) is 13.0 Å². The molecule has 142 valence electrons. The van der Waals surface area contributed by atoms with E-state index >= 15 is 0 Å². The van der Waals surface area contributed by atoms with Crippen molar-refractivity contribution in [3.63, 3.8) is 0 Å². The number of hydrogen-bond acceptors (Lipinski definition) is 3. The summed E-state index contributed by atoms with van der Waals surface area (Å²) in [6.45, 7) is 3.28. The minimum absolute atomic E-state index is 0.0737. The average Bonchev–Trinajstić information content (AvgIpc) is 3.01. The highest BCUT2D eigenvalue weighted by atomic mass is 19.1. The second-order valence-electron chi connectivity index (χ2n) is 6.64. The minimum Gasteiger partial charge on any atom is -0.494 e. The van der Waals surface area contributed by atoms with Crippen molar-refractivity contribution in [1.29, 1.82) is 0 Å². The minimum atomic E-state index is -0.453. The van der Waals surface area contributed by atoms with Gasteiger partial charge in [-0.25, -0.2) is 4.39 Å². The molecule has 0 aliphatic carbocycles. The summed E-state index contributed by atoms with van der Waals surface area (Å²) in [5.41, 5.74) is 1.87. The van der Waals surface area contributed by atoms with Crippen LogP contribution in [0.3, 0.4) is 0 Å². The van der Waals surface area contributed by atoms with E-state index in [1.165, 1.54) is 13.2 Å². The molecule has 3 rings (SSSR count). The SMILES string of the molecule is CCCN1C[C@@H](NC(=O)c2cccc(-c3ccc(OC)c(F)c3)c2)CC1=O. The van der Waals surface area contributed by atoms with Crippen LogP contribution in [0.2, 0.25) is 0 Å². The van der Waals surface area contributed by atoms with Gasteiger partial charge in [0.1, 0.15) is 0 Å². The molecule has 0 unspecified atom stereocenters. The first-order valence-corrected chi connectivity index (χ1v) is 9.04. The van der Waals surface area contributed by atoms with Crippen molar-refractivity contribution in [3.8, 4) is 16.9 Å². The van der Waals surface area contributed by atoms with Gasteiger partial charge in [0.05, 0.1) is 13.2 Å². The molecule has 27 heavy (non-hydrogen) atoms. The van der Waals surface area contributed by atoms with Crippen molar-refractivity contribution in [2.45, 2.75) is 25.8 Å². The number of carbonyl (C=O) groups is 2. The fourth-order valence-corrected chi connectivity index (χ4v) is 3.31. The molecule has 2 amide bonds. The lowest BCUT2D eigenvalue weighted by Crippen LogP contribution is -2.37. The highest BCUT2D eigenvalue weighted by Crippen LogP contribution is 2.26. The highest BCUT2D eigenvalue weighted by Gasteiger charge is 2.30. The summed E-state index contributed by atoms with van der Waals surface area (Å²) in [5.74, 6) is -0.438. The van der Waals surface area contributed by atoms with E-state index in [0.29, 0.717) is 30.6 Å². The molecule has 0 saturated carbocycles. The predicted octanol–water partition coefficient (Wildman–Crippen LogP) is 3.24. The van der Waals surface area contributed by atoms with Gasteiger partial charge in [-0.1, -0.05) is 25.1 Å². The van der Waals surface area contributed by atoms with E-state index < -0.39 is 5.82 Å². The van der Waals surface area contributed by atoms with Crippen LogP contribution in [-0.2, 0) is 4.79 Å². The molecule has 0 bridgehead atoms. The fraction of sp³-hybridized carbons (Fsp3) is 0.333. The summed E-state index contributed by atoms with van der Waals surface area (Å²) >= 11 is 0. The molecule has 0 aromatic heterocycles. The molecule has 1 atom stereocenters. The summed E-state index contributed by atoms with van der Waals surface area (Å²) in [6.07, 6.45) is 1.22. The van der Waals surface area contributed by atoms with Crippen LogP contribution >= 0.6 is 0 Å². The van der Waals surface area contributed by atoms with Crippen LogP contribution in [0.4, 0.5) is 4.39 Å². The van der Waals surface area contributed by atoms with Crippen LogP contribution in [-0.4, -0.2) is 43.0 Å². The smallest absolute Gasteiger partial charge is 0.251 e. The lowest BCUT2D eigenvalue weighted by atomic mass is 10.0. The second-order valence-corrected chi connectivity index (χ2v) is 6.64. The van der Waals surface area contributed by atoms with Crippen LogP contribution in [0.1, 0.15) is 30.1 Å². The summed E-state index contributed by atoms with van der Waals surface area (Å²) in [5, 5.41) is 2.93. The van der Waals surface area contributed by atoms with E-state index in [9.17, 15) is 14.0 Å². The molecule has 2 aromatic rings. The first-order chi connectivity index (χ1) is 13.0. The Morgan fingerprint density at radius 1 is 1.26 bits per heavy atom. The van der Waals surface area contributed by atoms with Crippen molar-refractivity contribution in [2.24, 2.45) is 0 Å². The lowest BCUT2D eigenvalue weighted by molar-refractivity contribution is -0.127. The van der Waals surface area contributed by atoms with Gasteiger partial charge in [-0.2, -0.15) is 0 Å². The first kappa shape index (κ1) is 18.9. The molecule has 6 heteroatoms. The molecule has 5 nitrogen and oxygen atoms in total. The molecule has 1 fully saturated rings. The van der Waals surface area contributed by atoms with Gasteiger partial charge in [-0.3, -0.25) is 9.59 Å². The van der Waals surface area contributed by atoms with E-state index in [0.717, 1.165) is 12.0 Å².